The third-order valence-corrected chi connectivity index (χ3v) is 6.26. The largest absolute Gasteiger partial charge is 0.496 e. The molecule has 0 fully saturated rings. The predicted molar refractivity (Wildman–Crippen MR) is 124 cm³/mol. The molecule has 4 rings (SSSR count). The number of halogens is 1. The van der Waals surface area contributed by atoms with Crippen molar-refractivity contribution >= 4 is 32.3 Å². The van der Waals surface area contributed by atoms with Crippen LogP contribution in [0.1, 0.15) is 11.1 Å². The molecule has 33 heavy (non-hydrogen) atoms. The molecule has 1 aromatic heterocycles. The van der Waals surface area contributed by atoms with Crippen LogP contribution >= 0.6 is 0 Å². The van der Waals surface area contributed by atoms with E-state index in [2.05, 4.69) is 10.4 Å². The fraction of sp³-hybridized carbons (Fsp3) is 0.167. The fourth-order valence-corrected chi connectivity index (χ4v) is 4.50. The first-order valence-corrected chi connectivity index (χ1v) is 12.0. The molecule has 1 heterocycles. The van der Waals surface area contributed by atoms with Crippen LogP contribution in [0.5, 0.6) is 5.75 Å². The number of carbonyl (C=O) groups is 1. The number of fused-ring (bicyclic) bond motifs is 1. The molecule has 3 aromatic carbocycles. The number of ether oxygens (including phenoxy) is 1. The van der Waals surface area contributed by atoms with Crippen molar-refractivity contribution in [2.75, 3.05) is 18.7 Å². The Morgan fingerprint density at radius 3 is 2.55 bits per heavy atom. The minimum atomic E-state index is -3.60. The van der Waals surface area contributed by atoms with E-state index in [1.165, 1.54) is 25.3 Å². The van der Waals surface area contributed by atoms with E-state index < -0.39 is 9.84 Å². The fourth-order valence-electron chi connectivity index (χ4n) is 3.60. The van der Waals surface area contributed by atoms with Crippen molar-refractivity contribution in [1.29, 1.82) is 0 Å². The molecule has 0 atom stereocenters. The van der Waals surface area contributed by atoms with E-state index in [1.807, 2.05) is 12.1 Å². The van der Waals surface area contributed by atoms with Crippen LogP contribution in [0.2, 0.25) is 0 Å². The van der Waals surface area contributed by atoms with Gasteiger partial charge >= 0.3 is 0 Å². The van der Waals surface area contributed by atoms with Crippen LogP contribution in [0.3, 0.4) is 0 Å². The number of nitrogens with zero attached hydrogens (tertiary/aromatic N) is 2. The number of rotatable bonds is 7. The van der Waals surface area contributed by atoms with Gasteiger partial charge in [0, 0.05) is 29.1 Å². The molecule has 7 nitrogen and oxygen atoms in total. The molecule has 0 radical (unpaired) electrons. The number of hydrogen-bond donors (Lipinski definition) is 1. The lowest BCUT2D eigenvalue weighted by Gasteiger charge is -2.10. The first kappa shape index (κ1) is 22.5. The lowest BCUT2D eigenvalue weighted by molar-refractivity contribution is -0.115. The van der Waals surface area contributed by atoms with Crippen LogP contribution in [0, 0.1) is 5.82 Å². The average Bonchev–Trinajstić information content (AvgIpc) is 3.16. The van der Waals surface area contributed by atoms with E-state index in [9.17, 15) is 17.6 Å². The number of benzene rings is 3. The third-order valence-electron chi connectivity index (χ3n) is 5.12. The SMILES string of the molecule is COc1ccccc1CC(=O)Nc1cc(S(C)(=O)=O)c2cn(Cc3ccc(F)cc3)nc2c1. The maximum Gasteiger partial charge on any atom is 0.228 e. The molecule has 0 bridgehead atoms. The first-order valence-electron chi connectivity index (χ1n) is 10.1. The van der Waals surface area contributed by atoms with E-state index >= 15 is 0 Å². The van der Waals surface area contributed by atoms with E-state index in [0.717, 1.165) is 11.8 Å². The summed E-state index contributed by atoms with van der Waals surface area (Å²) in [6.45, 7) is 0.341. The molecule has 0 spiro atoms. The monoisotopic (exact) mass is 467 g/mol. The van der Waals surface area contributed by atoms with Gasteiger partial charge in [-0.2, -0.15) is 5.10 Å². The number of sulfone groups is 1. The molecule has 0 saturated heterocycles. The Morgan fingerprint density at radius 2 is 1.85 bits per heavy atom. The van der Waals surface area contributed by atoms with Crippen molar-refractivity contribution in [3.63, 3.8) is 0 Å². The normalized spacial score (nSPS) is 11.5. The van der Waals surface area contributed by atoms with Crippen LogP contribution in [0.25, 0.3) is 10.9 Å². The van der Waals surface area contributed by atoms with E-state index in [-0.39, 0.29) is 23.0 Å². The highest BCUT2D eigenvalue weighted by Crippen LogP contribution is 2.28. The topological polar surface area (TPSA) is 90.3 Å². The van der Waals surface area contributed by atoms with Crippen molar-refractivity contribution in [1.82, 2.24) is 9.78 Å². The Hall–Kier alpha value is -3.72. The Morgan fingerprint density at radius 1 is 1.12 bits per heavy atom. The molecule has 0 aliphatic carbocycles. The molecule has 170 valence electrons. The Labute approximate surface area is 190 Å². The molecule has 0 unspecified atom stereocenters. The number of aromatic nitrogens is 2. The van der Waals surface area contributed by atoms with Gasteiger partial charge in [-0.15, -0.1) is 0 Å². The third kappa shape index (κ3) is 5.20. The number of amides is 1. The van der Waals surface area contributed by atoms with Gasteiger partial charge in [-0.1, -0.05) is 30.3 Å². The minimum absolute atomic E-state index is 0.0647. The van der Waals surface area contributed by atoms with Gasteiger partial charge in [0.25, 0.3) is 0 Å². The van der Waals surface area contributed by atoms with Gasteiger partial charge < -0.3 is 10.1 Å². The van der Waals surface area contributed by atoms with E-state index in [1.54, 1.807) is 41.2 Å². The zero-order chi connectivity index (χ0) is 23.6. The van der Waals surface area contributed by atoms with Gasteiger partial charge in [-0.05, 0) is 35.9 Å². The van der Waals surface area contributed by atoms with Crippen LogP contribution in [-0.4, -0.2) is 37.5 Å². The summed E-state index contributed by atoms with van der Waals surface area (Å²) >= 11 is 0. The van der Waals surface area contributed by atoms with Gasteiger partial charge in [-0.3, -0.25) is 9.48 Å². The van der Waals surface area contributed by atoms with E-state index in [0.29, 0.717) is 34.4 Å². The highest BCUT2D eigenvalue weighted by atomic mass is 32.2. The average molecular weight is 468 g/mol. The maximum atomic E-state index is 13.2. The molecule has 9 heteroatoms. The Kier molecular flexibility index (Phi) is 6.15. The van der Waals surface area contributed by atoms with Crippen LogP contribution in [-0.2, 0) is 27.6 Å². The van der Waals surface area contributed by atoms with Crippen molar-refractivity contribution < 1.29 is 22.3 Å². The molecule has 1 amide bonds. The summed E-state index contributed by atoms with van der Waals surface area (Å²) in [7, 11) is -2.06. The maximum absolute atomic E-state index is 13.2. The second-order valence-electron chi connectivity index (χ2n) is 7.67. The molecule has 0 aliphatic heterocycles. The summed E-state index contributed by atoms with van der Waals surface area (Å²) in [4.78, 5) is 12.7. The second-order valence-corrected chi connectivity index (χ2v) is 9.65. The molecule has 1 N–H and O–H groups in total. The van der Waals surface area contributed by atoms with Gasteiger partial charge in [0.15, 0.2) is 9.84 Å². The summed E-state index contributed by atoms with van der Waals surface area (Å²) in [6, 6.07) is 16.2. The molecule has 0 aliphatic rings. The van der Waals surface area contributed by atoms with Gasteiger partial charge in [0.1, 0.15) is 11.6 Å². The number of carbonyl (C=O) groups excluding carboxylic acids is 1. The number of anilines is 1. The number of para-hydroxylation sites is 1. The summed E-state index contributed by atoms with van der Waals surface area (Å²) in [5, 5.41) is 7.68. The smallest absolute Gasteiger partial charge is 0.228 e. The second kappa shape index (κ2) is 9.03. The number of methoxy groups -OCH3 is 1. The predicted octanol–water partition coefficient (Wildman–Crippen LogP) is 3.82. The Balaban J connectivity index is 1.64. The molecular weight excluding hydrogens is 445 g/mol. The zero-order valence-electron chi connectivity index (χ0n) is 18.1. The highest BCUT2D eigenvalue weighted by molar-refractivity contribution is 7.91. The molecule has 0 saturated carbocycles. The standard InChI is InChI=1S/C24H22FN3O4S/c1-32-22-6-4-3-5-17(22)11-24(29)26-19-12-21-20(23(13-19)33(2,30)31)15-28(27-21)14-16-7-9-18(25)10-8-16/h3-10,12-13,15H,11,14H2,1-2H3,(H,26,29). The van der Waals surface area contributed by atoms with Crippen LogP contribution in [0.4, 0.5) is 10.1 Å². The van der Waals surface area contributed by atoms with Crippen molar-refractivity contribution in [2.24, 2.45) is 0 Å². The van der Waals surface area contributed by atoms with Gasteiger partial charge in [0.05, 0.1) is 30.5 Å². The summed E-state index contributed by atoms with van der Waals surface area (Å²) in [5.41, 5.74) is 2.28. The summed E-state index contributed by atoms with van der Waals surface area (Å²) in [5.74, 6) is -0.0549. The minimum Gasteiger partial charge on any atom is -0.496 e. The Bertz CT molecular complexity index is 1430. The van der Waals surface area contributed by atoms with E-state index in [4.69, 9.17) is 4.74 Å². The quantitative estimate of drug-likeness (QED) is 0.446. The highest BCUT2D eigenvalue weighted by Gasteiger charge is 2.18. The first-order chi connectivity index (χ1) is 15.7. The van der Waals surface area contributed by atoms with Crippen molar-refractivity contribution in [3.05, 3.63) is 83.8 Å². The van der Waals surface area contributed by atoms with Gasteiger partial charge in [-0.25, -0.2) is 12.8 Å². The van der Waals surface area contributed by atoms with Crippen LogP contribution < -0.4 is 10.1 Å². The lowest BCUT2D eigenvalue weighted by atomic mass is 10.1. The summed E-state index contributed by atoms with van der Waals surface area (Å²) in [6.07, 6.45) is 2.81. The number of nitrogens with one attached hydrogen (secondary N) is 1. The lowest BCUT2D eigenvalue weighted by Crippen LogP contribution is -2.15. The molecular formula is C24H22FN3O4S. The molecule has 4 aromatic rings. The van der Waals surface area contributed by atoms with Crippen molar-refractivity contribution in [3.8, 4) is 5.75 Å². The zero-order valence-corrected chi connectivity index (χ0v) is 18.9. The van der Waals surface area contributed by atoms with Gasteiger partial charge in [0.2, 0.25) is 5.91 Å². The number of hydrogen-bond acceptors (Lipinski definition) is 5. The summed E-state index contributed by atoms with van der Waals surface area (Å²) < 4.78 is 45.0. The van der Waals surface area contributed by atoms with Crippen LogP contribution in [0.15, 0.2) is 71.8 Å². The van der Waals surface area contributed by atoms with Crippen molar-refractivity contribution in [2.45, 2.75) is 17.9 Å².